The Labute approximate surface area is 294 Å². The van der Waals surface area contributed by atoms with Crippen molar-refractivity contribution in [2.45, 2.75) is 34.2 Å². The summed E-state index contributed by atoms with van der Waals surface area (Å²) in [6, 6.07) is 4.15. The van der Waals surface area contributed by atoms with Gasteiger partial charge in [-0.1, -0.05) is 40.3 Å². The van der Waals surface area contributed by atoms with Crippen molar-refractivity contribution in [2.75, 3.05) is 35.8 Å². The molecule has 0 spiro atoms. The Kier molecular flexibility index (Phi) is 13.7. The number of carbonyl (C=O) groups is 4. The van der Waals surface area contributed by atoms with Crippen LogP contribution in [-0.2, 0) is 32.8 Å². The minimum absolute atomic E-state index is 0.0245. The number of thioether (sulfide) groups is 3. The number of fused-ring (bicyclic) bond motifs is 1. The Bertz CT molecular complexity index is 1670. The number of carbonyl (C=O) groups excluding carboxylic acids is 2. The number of anilines is 2. The van der Waals surface area contributed by atoms with Crippen molar-refractivity contribution in [1.29, 1.82) is 0 Å². The number of nitrogens with zero attached hydrogens (tertiary/aromatic N) is 3. The summed E-state index contributed by atoms with van der Waals surface area (Å²) in [6.45, 7) is 0.491. The number of nitrogens with one attached hydrogen (secondary N) is 2. The quantitative estimate of drug-likeness (QED) is 0.0843. The molecule has 2 amide bonds. The van der Waals surface area contributed by atoms with Gasteiger partial charge in [-0.15, -0.1) is 23.5 Å². The third-order valence-corrected chi connectivity index (χ3v) is 10.5. The number of carboxylic acid groups (broad SMARTS) is 2. The summed E-state index contributed by atoms with van der Waals surface area (Å²) < 4.78 is 33.5. The second-order valence-electron chi connectivity index (χ2n) is 9.75. The molecule has 2 aliphatic heterocycles. The lowest BCUT2D eigenvalue weighted by Crippen LogP contribution is -2.70. The van der Waals surface area contributed by atoms with Crippen LogP contribution in [0.3, 0.4) is 0 Å². The first-order valence-corrected chi connectivity index (χ1v) is 17.2. The Morgan fingerprint density at radius 2 is 1.90 bits per heavy atom. The standard InChI is InChI=1S/C25H27Cl2N7O4S3.C2HF3O2/c1-30-9-14-20(28)32-25(33(2)21(14)29)39-7-3-4-12-10-41-23-18(22(36)34(23)19(12)24(37)38)31-17(35)11-40-16-8-13(26)5-6-15(16)27;3-2(4,5)1(6)7/h3-6,8,18,23,30H,7,9-11H2,1-2H3,(H5,28,29,31,35,37,38);(H,6,7)/p+1/b4-3+;/t18-,23?;/m1./s1. The molecule has 1 saturated heterocycles. The molecule has 2 aromatic rings. The van der Waals surface area contributed by atoms with E-state index in [0.29, 0.717) is 55.4 Å². The van der Waals surface area contributed by atoms with Gasteiger partial charge in [0.25, 0.3) is 5.91 Å². The zero-order chi connectivity index (χ0) is 35.9. The van der Waals surface area contributed by atoms with Crippen LogP contribution < -0.4 is 26.7 Å². The van der Waals surface area contributed by atoms with Crippen molar-refractivity contribution in [3.63, 3.8) is 0 Å². The number of amides is 2. The molecule has 4 rings (SSSR count). The number of β-lactam (4-membered cyclic amide) rings is 1. The van der Waals surface area contributed by atoms with Crippen LogP contribution in [0.2, 0.25) is 10.0 Å². The molecule has 1 unspecified atom stereocenters. The van der Waals surface area contributed by atoms with E-state index < -0.39 is 35.4 Å². The second-order valence-corrected chi connectivity index (χ2v) is 13.7. The number of carboxylic acids is 2. The summed E-state index contributed by atoms with van der Waals surface area (Å²) in [4.78, 5) is 52.9. The van der Waals surface area contributed by atoms with E-state index in [0.717, 1.165) is 5.56 Å². The van der Waals surface area contributed by atoms with E-state index in [9.17, 15) is 32.7 Å². The van der Waals surface area contributed by atoms with E-state index in [-0.39, 0.29) is 17.4 Å². The van der Waals surface area contributed by atoms with Gasteiger partial charge >= 0.3 is 23.3 Å². The van der Waals surface area contributed by atoms with E-state index in [1.54, 1.807) is 49.0 Å². The maximum atomic E-state index is 12.9. The van der Waals surface area contributed by atoms with Gasteiger partial charge in [-0.05, 0) is 42.6 Å². The Hall–Kier alpha value is -3.36. The number of aromatic nitrogens is 2. The lowest BCUT2D eigenvalue weighted by Gasteiger charge is -2.49. The highest BCUT2D eigenvalue weighted by Crippen LogP contribution is 2.41. The van der Waals surface area contributed by atoms with Gasteiger partial charge < -0.3 is 32.3 Å². The van der Waals surface area contributed by atoms with Gasteiger partial charge in [-0.25, -0.2) is 14.2 Å². The first kappa shape index (κ1) is 39.1. The zero-order valence-corrected chi connectivity index (χ0v) is 29.0. The maximum absolute atomic E-state index is 12.9. The number of hydrogen-bond acceptors (Lipinski definition) is 11. The predicted molar refractivity (Wildman–Crippen MR) is 177 cm³/mol. The van der Waals surface area contributed by atoms with E-state index in [1.165, 1.54) is 40.2 Å². The Balaban J connectivity index is 0.000000804. The molecule has 21 heteroatoms. The highest BCUT2D eigenvalue weighted by Gasteiger charge is 2.54. The fourth-order valence-corrected chi connectivity index (χ4v) is 7.62. The van der Waals surface area contributed by atoms with Gasteiger partial charge in [0.2, 0.25) is 17.5 Å². The monoisotopic (exact) mass is 770 g/mol. The normalized spacial score (nSPS) is 17.4. The van der Waals surface area contributed by atoms with E-state index in [4.69, 9.17) is 44.6 Å². The van der Waals surface area contributed by atoms with Crippen molar-refractivity contribution in [1.82, 2.24) is 20.5 Å². The van der Waals surface area contributed by atoms with Crippen molar-refractivity contribution < 1.29 is 47.1 Å². The lowest BCUT2D eigenvalue weighted by molar-refractivity contribution is -0.699. The third-order valence-electron chi connectivity index (χ3n) is 6.48. The van der Waals surface area contributed by atoms with Gasteiger partial charge in [-0.2, -0.15) is 13.2 Å². The van der Waals surface area contributed by atoms with Crippen LogP contribution in [0.25, 0.3) is 0 Å². The number of hydrogen-bond donors (Lipinski definition) is 6. The Morgan fingerprint density at radius 1 is 1.23 bits per heavy atom. The maximum Gasteiger partial charge on any atom is 0.490 e. The summed E-state index contributed by atoms with van der Waals surface area (Å²) >= 11 is 16.1. The molecule has 0 aliphatic carbocycles. The molecule has 1 fully saturated rings. The van der Waals surface area contributed by atoms with E-state index >= 15 is 0 Å². The largest absolute Gasteiger partial charge is 0.490 e. The number of halogens is 5. The second kappa shape index (κ2) is 16.8. The smallest absolute Gasteiger partial charge is 0.477 e. The first-order chi connectivity index (χ1) is 22.5. The summed E-state index contributed by atoms with van der Waals surface area (Å²) in [7, 11) is 3.59. The molecule has 1 aromatic carbocycles. The molecule has 1 aromatic heterocycles. The molecule has 8 N–H and O–H groups in total. The molecule has 0 bridgehead atoms. The number of rotatable bonds is 11. The number of nitrogens with two attached hydrogens (primary N) is 2. The molecular formula is C27H29Cl2F3N7O6S3+. The summed E-state index contributed by atoms with van der Waals surface area (Å²) in [5.74, 6) is -3.09. The van der Waals surface area contributed by atoms with Crippen LogP contribution in [0, 0.1) is 0 Å². The molecule has 2 atom stereocenters. The number of allylic oxidation sites excluding steroid dienone is 1. The first-order valence-electron chi connectivity index (χ1n) is 13.4. The minimum Gasteiger partial charge on any atom is -0.477 e. The van der Waals surface area contributed by atoms with Crippen molar-refractivity contribution in [3.05, 3.63) is 57.2 Å². The minimum atomic E-state index is -5.08. The number of nitrogen functional groups attached to an aromatic ring is 2. The number of aliphatic carboxylic acids is 2. The van der Waals surface area contributed by atoms with Crippen LogP contribution in [0.15, 0.2) is 51.7 Å². The van der Waals surface area contributed by atoms with Crippen LogP contribution >= 0.6 is 58.5 Å². The fourth-order valence-electron chi connectivity index (χ4n) is 4.20. The van der Waals surface area contributed by atoms with Crippen LogP contribution in [0.4, 0.5) is 24.8 Å². The summed E-state index contributed by atoms with van der Waals surface area (Å²) in [5, 5.41) is 23.8. The van der Waals surface area contributed by atoms with Gasteiger partial charge in [0, 0.05) is 28.0 Å². The van der Waals surface area contributed by atoms with Gasteiger partial charge in [0.15, 0.2) is 0 Å². The molecule has 3 heterocycles. The predicted octanol–water partition coefficient (Wildman–Crippen LogP) is 2.91. The highest BCUT2D eigenvalue weighted by molar-refractivity contribution is 8.00. The zero-order valence-electron chi connectivity index (χ0n) is 25.0. The van der Waals surface area contributed by atoms with Crippen LogP contribution in [0.1, 0.15) is 5.56 Å². The fraction of sp³-hybridized carbons (Fsp3) is 0.333. The molecule has 2 aliphatic rings. The molecule has 260 valence electrons. The highest BCUT2D eigenvalue weighted by atomic mass is 35.5. The molecule has 0 radical (unpaired) electrons. The van der Waals surface area contributed by atoms with Crippen molar-refractivity contribution >= 4 is 93.9 Å². The van der Waals surface area contributed by atoms with Crippen LogP contribution in [-0.4, -0.2) is 85.7 Å². The molecule has 48 heavy (non-hydrogen) atoms. The van der Waals surface area contributed by atoms with Crippen molar-refractivity contribution in [3.8, 4) is 0 Å². The van der Waals surface area contributed by atoms with Gasteiger partial charge in [0.1, 0.15) is 17.1 Å². The molecular weight excluding hydrogens is 742 g/mol. The van der Waals surface area contributed by atoms with Crippen molar-refractivity contribution in [2.24, 2.45) is 7.05 Å². The average Bonchev–Trinajstić information content (AvgIpc) is 3.02. The van der Waals surface area contributed by atoms with Crippen LogP contribution in [0.5, 0.6) is 0 Å². The topological polar surface area (TPSA) is 205 Å². The average molecular weight is 772 g/mol. The van der Waals surface area contributed by atoms with E-state index in [1.807, 2.05) is 0 Å². The molecule has 0 saturated carbocycles. The molecule has 13 nitrogen and oxygen atoms in total. The van der Waals surface area contributed by atoms with Gasteiger partial charge in [-0.3, -0.25) is 14.5 Å². The SMILES string of the molecule is CNCc1c(N)nc(SC/C=C/C2=C(C(=O)O)N3C(=O)[C@@H](NC(=O)CSc4cc(Cl)ccc4Cl)C3SC2)[n+](C)c1N.O=C(O)C(F)(F)F. The third kappa shape index (κ3) is 9.63. The lowest BCUT2D eigenvalue weighted by atomic mass is 10.0. The van der Waals surface area contributed by atoms with E-state index in [2.05, 4.69) is 15.6 Å². The van der Waals surface area contributed by atoms with Gasteiger partial charge in [0.05, 0.1) is 23.4 Å². The number of alkyl halides is 3. The summed E-state index contributed by atoms with van der Waals surface area (Å²) in [6.07, 6.45) is -1.58. The number of benzene rings is 1. The Morgan fingerprint density at radius 3 is 2.50 bits per heavy atom. The summed E-state index contributed by atoms with van der Waals surface area (Å²) in [5.41, 5.74) is 13.4.